The Balaban J connectivity index is 2.36. The van der Waals surface area contributed by atoms with Gasteiger partial charge < -0.3 is 14.2 Å². The molecule has 1 unspecified atom stereocenters. The average Bonchev–Trinajstić information content (AvgIpc) is 2.35. The first-order valence-corrected chi connectivity index (χ1v) is 8.81. The normalized spacial score (nSPS) is 14.6. The van der Waals surface area contributed by atoms with Gasteiger partial charge in [0.1, 0.15) is 0 Å². The number of carbonyl (C=O) groups is 1. The van der Waals surface area contributed by atoms with Gasteiger partial charge in [-0.25, -0.2) is 0 Å². The van der Waals surface area contributed by atoms with Crippen LogP contribution >= 0.6 is 7.60 Å². The Morgan fingerprint density at radius 3 is 2.43 bits per heavy atom. The van der Waals surface area contributed by atoms with E-state index in [0.717, 1.165) is 5.56 Å². The first-order valence-electron chi connectivity index (χ1n) is 6.82. The molecular weight excluding hydrogens is 291 g/mol. The molecule has 5 nitrogen and oxygen atoms in total. The number of benzene rings is 1. The Bertz CT molecular complexity index is 498. The van der Waals surface area contributed by atoms with Gasteiger partial charge in [0.25, 0.3) is 0 Å². The Hall–Kier alpha value is -1.16. The van der Waals surface area contributed by atoms with E-state index in [2.05, 4.69) is 0 Å². The van der Waals surface area contributed by atoms with E-state index < -0.39 is 19.0 Å². The molecule has 0 saturated carbocycles. The zero-order chi connectivity index (χ0) is 15.9. The van der Waals surface area contributed by atoms with Crippen LogP contribution in [0.25, 0.3) is 0 Å². The van der Waals surface area contributed by atoms with Gasteiger partial charge in [-0.1, -0.05) is 44.2 Å². The molecule has 0 heterocycles. The van der Waals surface area contributed by atoms with Crippen molar-refractivity contribution in [1.82, 2.24) is 0 Å². The molecule has 1 N–H and O–H groups in total. The number of carboxylic acids is 1. The minimum absolute atomic E-state index is 0.0508. The van der Waals surface area contributed by atoms with Crippen LogP contribution < -0.4 is 0 Å². The number of carboxylic acid groups (broad SMARTS) is 1. The van der Waals surface area contributed by atoms with E-state index in [1.54, 1.807) is 0 Å². The second-order valence-electron chi connectivity index (χ2n) is 5.85. The number of hydrogen-bond acceptors (Lipinski definition) is 4. The highest BCUT2D eigenvalue weighted by Crippen LogP contribution is 2.45. The van der Waals surface area contributed by atoms with Crippen molar-refractivity contribution < 1.29 is 23.5 Å². The minimum atomic E-state index is -3.13. The molecule has 1 aromatic carbocycles. The topological polar surface area (TPSA) is 72.8 Å². The van der Waals surface area contributed by atoms with Crippen LogP contribution in [-0.4, -0.2) is 24.3 Å². The number of aliphatic carboxylic acids is 1. The summed E-state index contributed by atoms with van der Waals surface area (Å²) in [7, 11) is -3.13. The SMILES string of the molecule is CC(C)(CCOP(C)(=O)OCc1ccccc1)CC(=O)O. The lowest BCUT2D eigenvalue weighted by Crippen LogP contribution is -2.18. The highest BCUT2D eigenvalue weighted by Gasteiger charge is 2.24. The first kappa shape index (κ1) is 17.9. The van der Waals surface area contributed by atoms with E-state index in [0.29, 0.717) is 6.42 Å². The molecule has 118 valence electrons. The van der Waals surface area contributed by atoms with E-state index in [9.17, 15) is 9.36 Å². The van der Waals surface area contributed by atoms with Crippen molar-refractivity contribution in [1.29, 1.82) is 0 Å². The van der Waals surface area contributed by atoms with E-state index in [1.807, 2.05) is 44.2 Å². The molecule has 1 aromatic rings. The molecule has 0 aliphatic carbocycles. The van der Waals surface area contributed by atoms with Gasteiger partial charge in [-0.2, -0.15) is 0 Å². The van der Waals surface area contributed by atoms with E-state index in [1.165, 1.54) is 6.66 Å². The first-order chi connectivity index (χ1) is 9.70. The molecule has 0 radical (unpaired) electrons. The molecule has 0 spiro atoms. The van der Waals surface area contributed by atoms with Crippen LogP contribution in [0.15, 0.2) is 30.3 Å². The lowest BCUT2D eigenvalue weighted by molar-refractivity contribution is -0.139. The maximum atomic E-state index is 12.1. The smallest absolute Gasteiger partial charge is 0.327 e. The van der Waals surface area contributed by atoms with Crippen molar-refractivity contribution in [2.24, 2.45) is 5.41 Å². The second-order valence-corrected chi connectivity index (χ2v) is 7.91. The van der Waals surface area contributed by atoms with Gasteiger partial charge in [0.2, 0.25) is 0 Å². The summed E-state index contributed by atoms with van der Waals surface area (Å²) in [6.07, 6.45) is 0.557. The van der Waals surface area contributed by atoms with Crippen molar-refractivity contribution in [3.05, 3.63) is 35.9 Å². The average molecular weight is 314 g/mol. The number of hydrogen-bond donors (Lipinski definition) is 1. The predicted octanol–water partition coefficient (Wildman–Crippen LogP) is 3.93. The quantitative estimate of drug-likeness (QED) is 0.699. The van der Waals surface area contributed by atoms with Gasteiger partial charge in [-0.3, -0.25) is 9.36 Å². The fourth-order valence-electron chi connectivity index (χ4n) is 1.79. The van der Waals surface area contributed by atoms with E-state index in [4.69, 9.17) is 14.2 Å². The Morgan fingerprint density at radius 1 is 1.24 bits per heavy atom. The van der Waals surface area contributed by atoms with Crippen molar-refractivity contribution in [3.63, 3.8) is 0 Å². The predicted molar refractivity (Wildman–Crippen MR) is 81.4 cm³/mol. The summed E-state index contributed by atoms with van der Waals surface area (Å²) in [6, 6.07) is 9.44. The van der Waals surface area contributed by atoms with E-state index >= 15 is 0 Å². The molecule has 0 aliphatic heterocycles. The van der Waals surface area contributed by atoms with Crippen molar-refractivity contribution >= 4 is 13.6 Å². The summed E-state index contributed by atoms with van der Waals surface area (Å²) in [4.78, 5) is 10.7. The van der Waals surface area contributed by atoms with Gasteiger partial charge in [-0.15, -0.1) is 0 Å². The molecule has 0 bridgehead atoms. The standard InChI is InChI=1S/C15H23O5P/c1-15(2,11-14(16)17)9-10-19-21(3,18)20-12-13-7-5-4-6-8-13/h4-8H,9-12H2,1-3H3,(H,16,17). The summed E-state index contributed by atoms with van der Waals surface area (Å²) in [5, 5.41) is 8.80. The third-order valence-electron chi connectivity index (χ3n) is 3.04. The van der Waals surface area contributed by atoms with Gasteiger partial charge in [-0.05, 0) is 17.4 Å². The largest absolute Gasteiger partial charge is 0.481 e. The third-order valence-corrected chi connectivity index (χ3v) is 4.29. The highest BCUT2D eigenvalue weighted by atomic mass is 31.2. The molecule has 0 aromatic heterocycles. The van der Waals surface area contributed by atoms with Crippen molar-refractivity contribution in [2.75, 3.05) is 13.3 Å². The lowest BCUT2D eigenvalue weighted by atomic mass is 9.86. The van der Waals surface area contributed by atoms with Crippen LogP contribution in [0.2, 0.25) is 0 Å². The molecule has 0 amide bonds. The molecule has 0 aliphatic rings. The van der Waals surface area contributed by atoms with E-state index in [-0.39, 0.29) is 19.6 Å². The molecule has 0 fully saturated rings. The van der Waals surface area contributed by atoms with Gasteiger partial charge in [0.15, 0.2) is 0 Å². The summed E-state index contributed by atoms with van der Waals surface area (Å²) in [5.74, 6) is -0.847. The maximum Gasteiger partial charge on any atom is 0.327 e. The van der Waals surface area contributed by atoms with Crippen molar-refractivity contribution in [3.8, 4) is 0 Å². The fraction of sp³-hybridized carbons (Fsp3) is 0.533. The monoisotopic (exact) mass is 314 g/mol. The van der Waals surface area contributed by atoms with Crippen molar-refractivity contribution in [2.45, 2.75) is 33.3 Å². The van der Waals surface area contributed by atoms with Crippen LogP contribution in [0.5, 0.6) is 0 Å². The van der Waals surface area contributed by atoms with Crippen LogP contribution in [0.3, 0.4) is 0 Å². The molecule has 0 saturated heterocycles. The Kier molecular flexibility index (Phi) is 6.59. The Morgan fingerprint density at radius 2 is 1.86 bits per heavy atom. The third kappa shape index (κ3) is 8.00. The highest BCUT2D eigenvalue weighted by molar-refractivity contribution is 7.52. The molecule has 1 atom stereocenters. The summed E-state index contributed by atoms with van der Waals surface area (Å²) in [5.41, 5.74) is 0.528. The van der Waals surface area contributed by atoms with Crippen LogP contribution in [0.1, 0.15) is 32.3 Å². The van der Waals surface area contributed by atoms with Crippen LogP contribution in [-0.2, 0) is 25.0 Å². The van der Waals surface area contributed by atoms with Gasteiger partial charge in [0, 0.05) is 6.66 Å². The zero-order valence-electron chi connectivity index (χ0n) is 12.7. The minimum Gasteiger partial charge on any atom is -0.481 e. The summed E-state index contributed by atoms with van der Waals surface area (Å²) in [6.45, 7) is 5.56. The van der Waals surface area contributed by atoms with Gasteiger partial charge in [0.05, 0.1) is 19.6 Å². The maximum absolute atomic E-state index is 12.1. The molecular formula is C15H23O5P. The summed E-state index contributed by atoms with van der Waals surface area (Å²) >= 11 is 0. The fourth-order valence-corrected chi connectivity index (χ4v) is 2.67. The molecule has 1 rings (SSSR count). The lowest BCUT2D eigenvalue weighted by Gasteiger charge is -2.23. The van der Waals surface area contributed by atoms with Crippen LogP contribution in [0.4, 0.5) is 0 Å². The van der Waals surface area contributed by atoms with Crippen LogP contribution in [0, 0.1) is 5.41 Å². The Labute approximate surface area is 125 Å². The molecule has 6 heteroatoms. The second kappa shape index (κ2) is 7.74. The summed E-state index contributed by atoms with van der Waals surface area (Å²) < 4.78 is 22.8. The molecule has 21 heavy (non-hydrogen) atoms. The zero-order valence-corrected chi connectivity index (χ0v) is 13.6. The van der Waals surface area contributed by atoms with Gasteiger partial charge >= 0.3 is 13.6 Å². The number of rotatable bonds is 9.